The highest BCUT2D eigenvalue weighted by Gasteiger charge is 2.23. The fourth-order valence-corrected chi connectivity index (χ4v) is 2.79. The zero-order chi connectivity index (χ0) is 13.0. The minimum atomic E-state index is -0.0914. The number of hydrogen-bond acceptors (Lipinski definition) is 3. The molecule has 0 unspecified atom stereocenters. The number of anilines is 1. The molecule has 1 heterocycles. The molecule has 18 heavy (non-hydrogen) atoms. The van der Waals surface area contributed by atoms with Crippen molar-refractivity contribution in [2.75, 3.05) is 11.1 Å². The summed E-state index contributed by atoms with van der Waals surface area (Å²) < 4.78 is 0. The molecule has 1 aliphatic rings. The number of hydrogen-bond donors (Lipinski definition) is 2. The third-order valence-corrected chi connectivity index (χ3v) is 3.90. The van der Waals surface area contributed by atoms with E-state index in [0.717, 1.165) is 17.7 Å². The maximum atomic E-state index is 11.9. The van der Waals surface area contributed by atoms with Crippen molar-refractivity contribution in [2.24, 2.45) is 0 Å². The van der Waals surface area contributed by atoms with Crippen molar-refractivity contribution in [1.29, 1.82) is 0 Å². The number of para-hydroxylation sites is 1. The third kappa shape index (κ3) is 3.26. The van der Waals surface area contributed by atoms with Gasteiger partial charge >= 0.3 is 0 Å². The molecule has 0 radical (unpaired) electrons. The van der Waals surface area contributed by atoms with Crippen LogP contribution < -0.4 is 10.6 Å². The molecule has 1 fully saturated rings. The number of thioether (sulfide) groups is 1. The number of carbonyl (C=O) groups is 2. The van der Waals surface area contributed by atoms with Crippen LogP contribution in [0.15, 0.2) is 24.3 Å². The topological polar surface area (TPSA) is 58.2 Å². The maximum Gasteiger partial charge on any atom is 0.230 e. The van der Waals surface area contributed by atoms with Crippen LogP contribution in [0.2, 0.25) is 0 Å². The predicted octanol–water partition coefficient (Wildman–Crippen LogP) is 1.77. The van der Waals surface area contributed by atoms with E-state index in [1.54, 1.807) is 0 Å². The first kappa shape index (κ1) is 13.0. The van der Waals surface area contributed by atoms with Crippen molar-refractivity contribution in [3.05, 3.63) is 29.8 Å². The van der Waals surface area contributed by atoms with E-state index >= 15 is 0 Å². The van der Waals surface area contributed by atoms with Crippen LogP contribution in [0.3, 0.4) is 0 Å². The van der Waals surface area contributed by atoms with Gasteiger partial charge in [0, 0.05) is 5.69 Å². The molecule has 0 saturated carbocycles. The van der Waals surface area contributed by atoms with Crippen LogP contribution in [0.4, 0.5) is 5.69 Å². The summed E-state index contributed by atoms with van der Waals surface area (Å²) in [5.41, 5.74) is 1.98. The summed E-state index contributed by atoms with van der Waals surface area (Å²) in [5.74, 6) is 0.395. The van der Waals surface area contributed by atoms with Crippen molar-refractivity contribution in [3.63, 3.8) is 0 Å². The molecule has 1 atom stereocenters. The van der Waals surface area contributed by atoms with Crippen LogP contribution in [-0.2, 0) is 16.0 Å². The third-order valence-electron chi connectivity index (χ3n) is 2.78. The highest BCUT2D eigenvalue weighted by atomic mass is 32.2. The summed E-state index contributed by atoms with van der Waals surface area (Å²) in [5, 5.41) is 5.57. The summed E-state index contributed by atoms with van der Waals surface area (Å²) >= 11 is 1.48. The molecule has 2 N–H and O–H groups in total. The molecule has 1 aromatic rings. The van der Waals surface area contributed by atoms with Gasteiger partial charge in [-0.2, -0.15) is 0 Å². The standard InChI is InChI=1S/C13H16N2O2S/c1-2-9-5-3-4-6-10(9)14-11(16)7-13-15-12(17)8-18-13/h3-6,13H,2,7-8H2,1H3,(H,14,16)(H,15,17)/t13-/m0/s1. The van der Waals surface area contributed by atoms with Gasteiger partial charge in [-0.05, 0) is 18.1 Å². The number of amides is 2. The number of carbonyl (C=O) groups excluding carboxylic acids is 2. The molecular formula is C13H16N2O2S. The van der Waals surface area contributed by atoms with Crippen LogP contribution in [0, 0.1) is 0 Å². The van der Waals surface area contributed by atoms with Crippen molar-refractivity contribution in [1.82, 2.24) is 5.32 Å². The largest absolute Gasteiger partial charge is 0.343 e. The Morgan fingerprint density at radius 2 is 2.28 bits per heavy atom. The molecule has 1 aliphatic heterocycles. The van der Waals surface area contributed by atoms with Gasteiger partial charge in [-0.1, -0.05) is 25.1 Å². The summed E-state index contributed by atoms with van der Waals surface area (Å²) in [6.07, 6.45) is 1.19. The van der Waals surface area contributed by atoms with Gasteiger partial charge in [0.2, 0.25) is 11.8 Å². The molecule has 1 saturated heterocycles. The minimum absolute atomic E-state index is 0.00626. The lowest BCUT2D eigenvalue weighted by Crippen LogP contribution is -2.29. The maximum absolute atomic E-state index is 11.9. The second kappa shape index (κ2) is 5.91. The SMILES string of the molecule is CCc1ccccc1NC(=O)C[C@H]1NC(=O)CS1. The molecule has 0 aliphatic carbocycles. The number of aryl methyl sites for hydroxylation is 1. The zero-order valence-electron chi connectivity index (χ0n) is 10.2. The first-order valence-corrected chi connectivity index (χ1v) is 7.02. The Hall–Kier alpha value is -1.49. The average molecular weight is 264 g/mol. The smallest absolute Gasteiger partial charge is 0.230 e. The molecular weight excluding hydrogens is 248 g/mol. The fraction of sp³-hybridized carbons (Fsp3) is 0.385. The zero-order valence-corrected chi connectivity index (χ0v) is 11.0. The van der Waals surface area contributed by atoms with Gasteiger partial charge in [-0.3, -0.25) is 9.59 Å². The predicted molar refractivity (Wildman–Crippen MR) is 73.5 cm³/mol. The second-order valence-corrected chi connectivity index (χ2v) is 5.32. The van der Waals surface area contributed by atoms with Crippen LogP contribution in [0.25, 0.3) is 0 Å². The fourth-order valence-electron chi connectivity index (χ4n) is 1.87. The van der Waals surface area contributed by atoms with E-state index in [9.17, 15) is 9.59 Å². The highest BCUT2D eigenvalue weighted by Crippen LogP contribution is 2.20. The van der Waals surface area contributed by atoms with E-state index in [1.807, 2.05) is 24.3 Å². The van der Waals surface area contributed by atoms with Gasteiger partial charge in [-0.25, -0.2) is 0 Å². The lowest BCUT2D eigenvalue weighted by Gasteiger charge is -2.12. The minimum Gasteiger partial charge on any atom is -0.343 e. The molecule has 2 rings (SSSR count). The number of benzene rings is 1. The van der Waals surface area contributed by atoms with Crippen LogP contribution >= 0.6 is 11.8 Å². The summed E-state index contributed by atoms with van der Waals surface area (Å²) in [6, 6.07) is 7.77. The number of rotatable bonds is 4. The van der Waals surface area contributed by atoms with Gasteiger partial charge in [0.1, 0.15) is 0 Å². The Bertz CT molecular complexity index is 462. The Morgan fingerprint density at radius 3 is 2.94 bits per heavy atom. The molecule has 0 bridgehead atoms. The van der Waals surface area contributed by atoms with Crippen molar-refractivity contribution in [3.8, 4) is 0 Å². The van der Waals surface area contributed by atoms with Crippen molar-refractivity contribution >= 4 is 29.3 Å². The van der Waals surface area contributed by atoms with E-state index in [1.165, 1.54) is 11.8 Å². The normalized spacial score (nSPS) is 18.5. The first-order valence-electron chi connectivity index (χ1n) is 5.97. The van der Waals surface area contributed by atoms with Gasteiger partial charge in [-0.15, -0.1) is 11.8 Å². The van der Waals surface area contributed by atoms with E-state index in [0.29, 0.717) is 12.2 Å². The summed E-state index contributed by atoms with van der Waals surface area (Å²) in [6.45, 7) is 2.05. The van der Waals surface area contributed by atoms with Crippen LogP contribution in [0.5, 0.6) is 0 Å². The van der Waals surface area contributed by atoms with Gasteiger partial charge in [0.15, 0.2) is 0 Å². The summed E-state index contributed by atoms with van der Waals surface area (Å²) in [4.78, 5) is 22.9. The van der Waals surface area contributed by atoms with E-state index in [-0.39, 0.29) is 17.2 Å². The van der Waals surface area contributed by atoms with Crippen LogP contribution in [0.1, 0.15) is 18.9 Å². The first-order chi connectivity index (χ1) is 8.69. The molecule has 0 aromatic heterocycles. The molecule has 4 nitrogen and oxygen atoms in total. The molecule has 96 valence electrons. The Balaban J connectivity index is 1.92. The van der Waals surface area contributed by atoms with E-state index in [4.69, 9.17) is 0 Å². The Morgan fingerprint density at radius 1 is 1.50 bits per heavy atom. The molecule has 0 spiro atoms. The highest BCUT2D eigenvalue weighted by molar-refractivity contribution is 8.01. The van der Waals surface area contributed by atoms with Gasteiger partial charge in [0.25, 0.3) is 0 Å². The van der Waals surface area contributed by atoms with Crippen molar-refractivity contribution < 1.29 is 9.59 Å². The van der Waals surface area contributed by atoms with Gasteiger partial charge in [0.05, 0.1) is 17.5 Å². The lowest BCUT2D eigenvalue weighted by molar-refractivity contribution is -0.118. The Labute approximate surface area is 111 Å². The molecule has 1 aromatic carbocycles. The van der Waals surface area contributed by atoms with E-state index in [2.05, 4.69) is 17.6 Å². The van der Waals surface area contributed by atoms with Crippen LogP contribution in [-0.4, -0.2) is 22.9 Å². The number of nitrogens with one attached hydrogen (secondary N) is 2. The molecule has 5 heteroatoms. The average Bonchev–Trinajstić information content (AvgIpc) is 2.75. The monoisotopic (exact) mass is 264 g/mol. The second-order valence-electron chi connectivity index (χ2n) is 4.13. The van der Waals surface area contributed by atoms with Crippen molar-refractivity contribution in [2.45, 2.75) is 25.1 Å². The molecule has 2 amide bonds. The van der Waals surface area contributed by atoms with E-state index < -0.39 is 0 Å². The van der Waals surface area contributed by atoms with Gasteiger partial charge < -0.3 is 10.6 Å². The lowest BCUT2D eigenvalue weighted by atomic mass is 10.1. The Kier molecular flexibility index (Phi) is 4.25. The quantitative estimate of drug-likeness (QED) is 0.871. The summed E-state index contributed by atoms with van der Waals surface area (Å²) in [7, 11) is 0.